The Hall–Kier alpha value is -1.22. The van der Waals surface area contributed by atoms with E-state index in [9.17, 15) is 13.9 Å². The maximum Gasteiger partial charge on any atom is 0.410 e. The highest BCUT2D eigenvalue weighted by Crippen LogP contribution is 2.61. The van der Waals surface area contributed by atoms with Crippen LogP contribution in [0.5, 0.6) is 5.75 Å². The van der Waals surface area contributed by atoms with Gasteiger partial charge >= 0.3 is 6.09 Å². The van der Waals surface area contributed by atoms with Gasteiger partial charge in [0.1, 0.15) is 16.2 Å². The fourth-order valence-corrected chi connectivity index (χ4v) is 5.16. The molecule has 2 aliphatic heterocycles. The smallest absolute Gasteiger partial charge is 0.410 e. The van der Waals surface area contributed by atoms with Crippen LogP contribution in [0.15, 0.2) is 26.9 Å². The van der Waals surface area contributed by atoms with Gasteiger partial charge in [0.05, 0.1) is 6.61 Å². The van der Waals surface area contributed by atoms with Gasteiger partial charge in [0.2, 0.25) is 0 Å². The highest BCUT2D eigenvalue weighted by Gasteiger charge is 2.30. The van der Waals surface area contributed by atoms with Crippen LogP contribution in [-0.4, -0.2) is 45.4 Å². The second-order valence-electron chi connectivity index (χ2n) is 7.91. The predicted molar refractivity (Wildman–Crippen MR) is 110 cm³/mol. The van der Waals surface area contributed by atoms with E-state index in [0.29, 0.717) is 36.3 Å². The number of ether oxygens (including phenoxy) is 2. The Labute approximate surface area is 170 Å². The van der Waals surface area contributed by atoms with E-state index in [1.165, 1.54) is 5.41 Å². The molecule has 0 bridgehead atoms. The molecule has 6 nitrogen and oxygen atoms in total. The minimum absolute atomic E-state index is 0.271. The molecule has 1 fully saturated rings. The van der Waals surface area contributed by atoms with E-state index in [4.69, 9.17) is 9.47 Å². The lowest BCUT2D eigenvalue weighted by molar-refractivity contribution is 0.0164. The number of halogens is 1. The molecule has 0 aromatic heterocycles. The second-order valence-corrected chi connectivity index (χ2v) is 10.6. The van der Waals surface area contributed by atoms with Gasteiger partial charge in [-0.1, -0.05) is 15.9 Å². The van der Waals surface area contributed by atoms with Crippen LogP contribution < -0.4 is 4.74 Å². The summed E-state index contributed by atoms with van der Waals surface area (Å²) in [6.07, 6.45) is 3.09. The van der Waals surface area contributed by atoms with Crippen molar-refractivity contribution in [2.75, 3.05) is 19.7 Å². The molecule has 2 aliphatic rings. The van der Waals surface area contributed by atoms with Gasteiger partial charge in [-0.05, 0) is 57.7 Å². The maximum atomic E-state index is 12.1. The number of carbonyl (C=O) groups excluding carboxylic acids is 1. The summed E-state index contributed by atoms with van der Waals surface area (Å²) < 4.78 is 32.7. The number of hydrogen-bond donors (Lipinski definition) is 2. The molecule has 3 rings (SSSR count). The first-order valence-electron chi connectivity index (χ1n) is 8.96. The van der Waals surface area contributed by atoms with Crippen molar-refractivity contribution >= 4 is 38.7 Å². The Morgan fingerprint density at radius 3 is 2.59 bits per heavy atom. The van der Waals surface area contributed by atoms with E-state index < -0.39 is 16.2 Å². The normalized spacial score (nSPS) is 20.3. The predicted octanol–water partition coefficient (Wildman–Crippen LogP) is 5.57. The third-order valence-corrected chi connectivity index (χ3v) is 6.80. The van der Waals surface area contributed by atoms with Gasteiger partial charge in [-0.3, -0.25) is 9.11 Å². The molecule has 1 aromatic carbocycles. The molecule has 27 heavy (non-hydrogen) atoms. The molecule has 1 aromatic rings. The molecule has 0 unspecified atom stereocenters. The van der Waals surface area contributed by atoms with Crippen LogP contribution in [0.1, 0.15) is 39.2 Å². The Kier molecular flexibility index (Phi) is 5.82. The molecule has 0 atom stereocenters. The third-order valence-electron chi connectivity index (χ3n) is 4.57. The van der Waals surface area contributed by atoms with Crippen molar-refractivity contribution in [1.29, 1.82) is 0 Å². The van der Waals surface area contributed by atoms with Gasteiger partial charge in [-0.2, -0.15) is 0 Å². The van der Waals surface area contributed by atoms with Crippen molar-refractivity contribution in [3.05, 3.63) is 27.6 Å². The molecule has 2 heterocycles. The summed E-state index contributed by atoms with van der Waals surface area (Å²) in [6, 6.07) is 3.62. The van der Waals surface area contributed by atoms with E-state index in [1.54, 1.807) is 17.0 Å². The fourth-order valence-electron chi connectivity index (χ4n) is 3.18. The number of fused-ring (bicyclic) bond motifs is 1. The third kappa shape index (κ3) is 4.80. The van der Waals surface area contributed by atoms with Crippen molar-refractivity contribution < 1.29 is 23.4 Å². The zero-order valence-electron chi connectivity index (χ0n) is 15.8. The molecule has 1 amide bonds. The first-order valence-corrected chi connectivity index (χ1v) is 11.4. The van der Waals surface area contributed by atoms with Gasteiger partial charge in [-0.15, -0.1) is 10.6 Å². The summed E-state index contributed by atoms with van der Waals surface area (Å²) in [4.78, 5) is 14.3. The lowest BCUT2D eigenvalue weighted by Crippen LogP contribution is -2.42. The molecule has 1 saturated heterocycles. The number of rotatable bonds is 3. The number of carbonyl (C=O) groups is 1. The van der Waals surface area contributed by atoms with E-state index >= 15 is 0 Å². The summed E-state index contributed by atoms with van der Waals surface area (Å²) >= 11 is 3.44. The van der Waals surface area contributed by atoms with Crippen LogP contribution in [0.4, 0.5) is 4.79 Å². The van der Waals surface area contributed by atoms with Crippen LogP contribution in [0.25, 0.3) is 6.08 Å². The van der Waals surface area contributed by atoms with Crippen LogP contribution in [0, 0.1) is 5.92 Å². The largest absolute Gasteiger partial charge is 0.491 e. The van der Waals surface area contributed by atoms with E-state index in [-0.39, 0.29) is 6.09 Å². The van der Waals surface area contributed by atoms with Crippen molar-refractivity contribution in [2.45, 2.75) is 44.1 Å². The number of likely N-dealkylation sites (tertiary alicyclic amines) is 1. The molecule has 0 saturated carbocycles. The monoisotopic (exact) mass is 459 g/mol. The van der Waals surface area contributed by atoms with Crippen LogP contribution in [-0.2, 0) is 4.74 Å². The van der Waals surface area contributed by atoms with Gasteiger partial charge in [-0.25, -0.2) is 4.79 Å². The Morgan fingerprint density at radius 1 is 1.30 bits per heavy atom. The number of hydrogen-bond acceptors (Lipinski definition) is 5. The average Bonchev–Trinajstić information content (AvgIpc) is 2.90. The lowest BCUT2D eigenvalue weighted by atomic mass is 9.98. The quantitative estimate of drug-likeness (QED) is 0.617. The van der Waals surface area contributed by atoms with Crippen molar-refractivity contribution in [2.24, 2.45) is 5.92 Å². The highest BCUT2D eigenvalue weighted by atomic mass is 79.9. The van der Waals surface area contributed by atoms with Gasteiger partial charge in [0, 0.05) is 28.5 Å². The second kappa shape index (κ2) is 7.66. The molecule has 0 spiro atoms. The Bertz CT molecular complexity index is 751. The number of nitrogens with zero attached hydrogens (tertiary/aromatic N) is 1. The van der Waals surface area contributed by atoms with Crippen molar-refractivity contribution in [1.82, 2.24) is 4.90 Å². The van der Waals surface area contributed by atoms with Crippen LogP contribution >= 0.6 is 26.5 Å². The summed E-state index contributed by atoms with van der Waals surface area (Å²) in [5.74, 6) is 0.812. The average molecular weight is 460 g/mol. The fraction of sp³-hybridized carbons (Fsp3) is 0.526. The lowest BCUT2D eigenvalue weighted by Gasteiger charge is -2.34. The first kappa shape index (κ1) is 20.5. The number of piperidine rings is 1. The summed E-state index contributed by atoms with van der Waals surface area (Å²) in [5, 5.41) is 1.43. The molecular formula is C19H26BrNO5S. The summed E-state index contributed by atoms with van der Waals surface area (Å²) in [6.45, 7) is 7.34. The Balaban J connectivity index is 1.56. The molecule has 150 valence electrons. The maximum absolute atomic E-state index is 12.1. The topological polar surface area (TPSA) is 79.2 Å². The number of amides is 1. The molecule has 0 radical (unpaired) electrons. The van der Waals surface area contributed by atoms with Crippen molar-refractivity contribution in [3.8, 4) is 5.75 Å². The first-order chi connectivity index (χ1) is 12.6. The standard InChI is InChI=1S/C19H26BrNO5S/c1-19(2,3)26-18(22)21-9-6-13(7-10-21)12-25-16-5-4-15(20)14-8-11-27(23,24)17(14)16/h4-5,8,11,13,23-24H,6-7,9-10,12H2,1-3H3. The minimum atomic E-state index is -2.95. The molecule has 0 aliphatic carbocycles. The Morgan fingerprint density at radius 2 is 1.96 bits per heavy atom. The number of benzene rings is 1. The van der Waals surface area contributed by atoms with Crippen LogP contribution in [0.3, 0.4) is 0 Å². The summed E-state index contributed by atoms with van der Waals surface area (Å²) in [5.41, 5.74) is 0.267. The van der Waals surface area contributed by atoms with Gasteiger partial charge < -0.3 is 14.4 Å². The summed E-state index contributed by atoms with van der Waals surface area (Å²) in [7, 11) is -2.95. The molecular weight excluding hydrogens is 434 g/mol. The van der Waals surface area contributed by atoms with Gasteiger partial charge in [0.25, 0.3) is 0 Å². The molecule has 8 heteroatoms. The molecule has 2 N–H and O–H groups in total. The van der Waals surface area contributed by atoms with E-state index in [0.717, 1.165) is 22.9 Å². The van der Waals surface area contributed by atoms with E-state index in [2.05, 4.69) is 15.9 Å². The zero-order chi connectivity index (χ0) is 19.8. The SMILES string of the molecule is CC(C)(C)OC(=O)N1CCC(COc2ccc(Br)c3c2S(O)(O)C=C3)CC1. The zero-order valence-corrected chi connectivity index (χ0v) is 18.2. The van der Waals surface area contributed by atoms with Gasteiger partial charge in [0.15, 0.2) is 0 Å². The minimum Gasteiger partial charge on any atom is -0.491 e. The highest BCUT2D eigenvalue weighted by molar-refractivity contribution is 9.10. The van der Waals surface area contributed by atoms with Crippen molar-refractivity contribution in [3.63, 3.8) is 0 Å². The van der Waals surface area contributed by atoms with Crippen LogP contribution in [0.2, 0.25) is 0 Å². The van der Waals surface area contributed by atoms with E-state index in [1.807, 2.05) is 26.8 Å².